The average molecular weight is 559 g/mol. The van der Waals surface area contributed by atoms with Crippen molar-refractivity contribution in [2.24, 2.45) is 5.92 Å². The van der Waals surface area contributed by atoms with Crippen molar-refractivity contribution >= 4 is 23.2 Å². The molecule has 1 aromatic heterocycles. The minimum absolute atomic E-state index is 0.0121. The van der Waals surface area contributed by atoms with Crippen LogP contribution in [0.2, 0.25) is 0 Å². The molecular formula is C31H31FN4O3S. The summed E-state index contributed by atoms with van der Waals surface area (Å²) >= 11 is 1.52. The smallest absolute Gasteiger partial charge is 0.254 e. The van der Waals surface area contributed by atoms with Crippen molar-refractivity contribution in [1.29, 1.82) is 5.26 Å². The highest BCUT2D eigenvalue weighted by Crippen LogP contribution is 2.46. The van der Waals surface area contributed by atoms with Gasteiger partial charge in [-0.25, -0.2) is 9.37 Å². The number of nitriles is 1. The number of ether oxygens (including phenoxy) is 1. The normalized spacial score (nSPS) is 21.9. The molecule has 1 N–H and O–H groups in total. The molecule has 2 aromatic carbocycles. The third kappa shape index (κ3) is 5.38. The molecule has 0 unspecified atom stereocenters. The number of morpholine rings is 1. The minimum Gasteiger partial charge on any atom is -0.378 e. The third-order valence-corrected chi connectivity index (χ3v) is 9.39. The van der Waals surface area contributed by atoms with E-state index in [2.05, 4.69) is 11.4 Å². The molecule has 2 aliphatic carbocycles. The van der Waals surface area contributed by atoms with E-state index in [9.17, 15) is 19.2 Å². The number of carbonyl (C=O) groups excluding carboxylic acids is 2. The molecule has 2 heterocycles. The quantitative estimate of drug-likeness (QED) is 0.429. The predicted octanol–water partition coefficient (Wildman–Crippen LogP) is 5.53. The van der Waals surface area contributed by atoms with Crippen molar-refractivity contribution in [3.05, 3.63) is 65.6 Å². The first kappa shape index (κ1) is 26.6. The van der Waals surface area contributed by atoms with E-state index in [1.54, 1.807) is 12.1 Å². The molecule has 2 atom stereocenters. The Morgan fingerprint density at radius 2 is 1.70 bits per heavy atom. The lowest BCUT2D eigenvalue weighted by Crippen LogP contribution is -2.42. The molecule has 6 rings (SSSR count). The fourth-order valence-electron chi connectivity index (χ4n) is 5.71. The van der Waals surface area contributed by atoms with E-state index in [1.807, 2.05) is 29.2 Å². The number of hydrogen-bond donors (Lipinski definition) is 1. The summed E-state index contributed by atoms with van der Waals surface area (Å²) in [5.74, 6) is -0.766. The molecule has 9 heteroatoms. The molecular weight excluding hydrogens is 527 g/mol. The number of aromatic nitrogens is 1. The molecule has 1 aliphatic heterocycles. The van der Waals surface area contributed by atoms with E-state index in [4.69, 9.17) is 9.72 Å². The molecule has 206 valence electrons. The highest BCUT2D eigenvalue weighted by Gasteiger charge is 2.47. The Kier molecular flexibility index (Phi) is 7.39. The van der Waals surface area contributed by atoms with Gasteiger partial charge in [0.2, 0.25) is 5.91 Å². The minimum atomic E-state index is -0.716. The van der Waals surface area contributed by atoms with Gasteiger partial charge in [-0.1, -0.05) is 25.0 Å². The monoisotopic (exact) mass is 558 g/mol. The topological polar surface area (TPSA) is 95.3 Å². The lowest BCUT2D eigenvalue weighted by molar-refractivity contribution is -0.127. The number of amides is 2. The fourth-order valence-corrected chi connectivity index (χ4v) is 6.86. The summed E-state index contributed by atoms with van der Waals surface area (Å²) < 4.78 is 19.0. The SMILES string of the molecule is N#CC1(NC(=O)[C@@H]2CCCC[C@H]2c2nc(-c3ccc(F)cc3)sc2-c2ccc(C(=O)N3CCOCC3)cc2)CC1. The van der Waals surface area contributed by atoms with E-state index in [0.29, 0.717) is 44.7 Å². The highest BCUT2D eigenvalue weighted by atomic mass is 32.1. The van der Waals surface area contributed by atoms with Crippen LogP contribution in [0.5, 0.6) is 0 Å². The zero-order chi connectivity index (χ0) is 27.7. The van der Waals surface area contributed by atoms with Gasteiger partial charge < -0.3 is 15.0 Å². The maximum absolute atomic E-state index is 13.7. The molecule has 0 radical (unpaired) electrons. The highest BCUT2D eigenvalue weighted by molar-refractivity contribution is 7.18. The van der Waals surface area contributed by atoms with Crippen molar-refractivity contribution < 1.29 is 18.7 Å². The summed E-state index contributed by atoms with van der Waals surface area (Å²) in [7, 11) is 0. The first-order valence-corrected chi connectivity index (χ1v) is 14.8. The van der Waals surface area contributed by atoms with Crippen LogP contribution in [0.3, 0.4) is 0 Å². The van der Waals surface area contributed by atoms with Gasteiger partial charge in [-0.2, -0.15) is 5.26 Å². The van der Waals surface area contributed by atoms with Crippen LogP contribution in [0.1, 0.15) is 60.5 Å². The summed E-state index contributed by atoms with van der Waals surface area (Å²) in [6.07, 6.45) is 4.90. The number of halogens is 1. The lowest BCUT2D eigenvalue weighted by atomic mass is 9.76. The Hall–Kier alpha value is -3.61. The fraction of sp³-hybridized carbons (Fsp3) is 0.419. The van der Waals surface area contributed by atoms with Gasteiger partial charge in [0.15, 0.2) is 0 Å². The molecule has 3 aromatic rings. The standard InChI is InChI=1S/C31H31FN4O3S/c32-23-11-9-21(10-12-23)29-34-26(24-3-1-2-4-25(24)28(37)35-31(19-33)13-14-31)27(40-29)20-5-7-22(8-6-20)30(38)36-15-17-39-18-16-36/h5-12,24-25H,1-4,13-18H2,(H,35,37)/t24-,25-/m1/s1. The molecule has 2 amide bonds. The van der Waals surface area contributed by atoms with Crippen LogP contribution in [0.25, 0.3) is 21.0 Å². The maximum Gasteiger partial charge on any atom is 0.254 e. The second-order valence-electron chi connectivity index (χ2n) is 10.9. The number of thiazole rings is 1. The van der Waals surface area contributed by atoms with Crippen molar-refractivity contribution in [2.75, 3.05) is 26.3 Å². The summed E-state index contributed by atoms with van der Waals surface area (Å²) in [5, 5.41) is 13.3. The molecule has 40 heavy (non-hydrogen) atoms. The zero-order valence-corrected chi connectivity index (χ0v) is 23.0. The molecule has 0 spiro atoms. The maximum atomic E-state index is 13.7. The van der Waals surface area contributed by atoms with Crippen molar-refractivity contribution in [3.63, 3.8) is 0 Å². The van der Waals surface area contributed by atoms with Gasteiger partial charge in [0.1, 0.15) is 16.4 Å². The second-order valence-corrected chi connectivity index (χ2v) is 11.9. The second kappa shape index (κ2) is 11.1. The summed E-state index contributed by atoms with van der Waals surface area (Å²) in [6.45, 7) is 2.26. The number of benzene rings is 2. The van der Waals surface area contributed by atoms with Gasteiger partial charge in [-0.15, -0.1) is 11.3 Å². The van der Waals surface area contributed by atoms with Crippen LogP contribution in [-0.4, -0.2) is 53.5 Å². The molecule has 0 bridgehead atoms. The Morgan fingerprint density at radius 3 is 2.38 bits per heavy atom. The lowest BCUT2D eigenvalue weighted by Gasteiger charge is -2.31. The van der Waals surface area contributed by atoms with Gasteiger partial charge in [-0.3, -0.25) is 9.59 Å². The first-order valence-electron chi connectivity index (χ1n) is 13.9. The van der Waals surface area contributed by atoms with Crippen LogP contribution >= 0.6 is 11.3 Å². The Balaban J connectivity index is 1.35. The number of carbonyl (C=O) groups is 2. The first-order chi connectivity index (χ1) is 19.5. The van der Waals surface area contributed by atoms with Crippen LogP contribution in [0.15, 0.2) is 48.5 Å². The van der Waals surface area contributed by atoms with Gasteiger partial charge >= 0.3 is 0 Å². The Bertz CT molecular complexity index is 1440. The third-order valence-electron chi connectivity index (χ3n) is 8.22. The molecule has 1 saturated heterocycles. The number of nitrogens with one attached hydrogen (secondary N) is 1. The summed E-state index contributed by atoms with van der Waals surface area (Å²) in [6, 6.07) is 16.2. The van der Waals surface area contributed by atoms with Crippen LogP contribution in [0, 0.1) is 23.1 Å². The van der Waals surface area contributed by atoms with E-state index >= 15 is 0 Å². The molecule has 7 nitrogen and oxygen atoms in total. The zero-order valence-electron chi connectivity index (χ0n) is 22.2. The molecule has 2 saturated carbocycles. The number of hydrogen-bond acceptors (Lipinski definition) is 6. The van der Waals surface area contributed by atoms with Gasteiger partial charge in [0, 0.05) is 36.1 Å². The van der Waals surface area contributed by atoms with Crippen LogP contribution in [-0.2, 0) is 9.53 Å². The predicted molar refractivity (Wildman–Crippen MR) is 150 cm³/mol. The largest absolute Gasteiger partial charge is 0.378 e. The van der Waals surface area contributed by atoms with E-state index in [1.165, 1.54) is 23.5 Å². The van der Waals surface area contributed by atoms with Crippen molar-refractivity contribution in [1.82, 2.24) is 15.2 Å². The average Bonchev–Trinajstić information content (AvgIpc) is 3.64. The summed E-state index contributed by atoms with van der Waals surface area (Å²) in [5.41, 5.74) is 2.51. The van der Waals surface area contributed by atoms with Gasteiger partial charge in [0.05, 0.1) is 29.9 Å². The van der Waals surface area contributed by atoms with E-state index in [0.717, 1.165) is 52.4 Å². The van der Waals surface area contributed by atoms with Gasteiger partial charge in [-0.05, 0) is 67.6 Å². The molecule has 3 aliphatic rings. The molecule has 3 fully saturated rings. The van der Waals surface area contributed by atoms with Crippen molar-refractivity contribution in [2.45, 2.75) is 50.0 Å². The van der Waals surface area contributed by atoms with Gasteiger partial charge in [0.25, 0.3) is 5.91 Å². The number of nitrogens with zero attached hydrogens (tertiary/aromatic N) is 3. The van der Waals surface area contributed by atoms with Crippen molar-refractivity contribution in [3.8, 4) is 27.1 Å². The summed E-state index contributed by atoms with van der Waals surface area (Å²) in [4.78, 5) is 34.3. The Labute approximate surface area is 237 Å². The van der Waals surface area contributed by atoms with E-state index in [-0.39, 0.29) is 29.5 Å². The van der Waals surface area contributed by atoms with Crippen LogP contribution in [0.4, 0.5) is 4.39 Å². The van der Waals surface area contributed by atoms with E-state index < -0.39 is 5.54 Å². The Morgan fingerprint density at radius 1 is 1.02 bits per heavy atom. The number of rotatable bonds is 6. The van der Waals surface area contributed by atoms with Crippen LogP contribution < -0.4 is 5.32 Å².